The van der Waals surface area contributed by atoms with Crippen LogP contribution in [0.3, 0.4) is 0 Å². The standard InChI is InChI=1S/C19H26N2O2/c1-18(2,3)15-10-8-7-9-14(15)13-21(6)17(22)19(4,5)16-11-12-20-23-16/h7-12H,13H2,1-6H3. The van der Waals surface area contributed by atoms with E-state index in [-0.39, 0.29) is 11.3 Å². The molecular formula is C19H26N2O2. The van der Waals surface area contributed by atoms with Crippen LogP contribution in [0.1, 0.15) is 51.5 Å². The first kappa shape index (κ1) is 17.3. The van der Waals surface area contributed by atoms with Gasteiger partial charge < -0.3 is 9.42 Å². The summed E-state index contributed by atoms with van der Waals surface area (Å²) in [6.45, 7) is 10.9. The van der Waals surface area contributed by atoms with Crippen molar-refractivity contribution in [1.29, 1.82) is 0 Å². The molecule has 4 nitrogen and oxygen atoms in total. The summed E-state index contributed by atoms with van der Waals surface area (Å²) in [4.78, 5) is 14.6. The van der Waals surface area contributed by atoms with E-state index in [1.807, 2.05) is 33.0 Å². The fourth-order valence-electron chi connectivity index (χ4n) is 2.84. The molecule has 0 atom stereocenters. The molecule has 1 amide bonds. The Morgan fingerprint density at radius 1 is 1.13 bits per heavy atom. The number of amides is 1. The average molecular weight is 314 g/mol. The van der Waals surface area contributed by atoms with Crippen molar-refractivity contribution < 1.29 is 9.32 Å². The Hall–Kier alpha value is -2.10. The third kappa shape index (κ3) is 3.63. The van der Waals surface area contributed by atoms with Gasteiger partial charge in [-0.15, -0.1) is 0 Å². The van der Waals surface area contributed by atoms with Gasteiger partial charge in [-0.1, -0.05) is 50.2 Å². The van der Waals surface area contributed by atoms with Gasteiger partial charge in [-0.2, -0.15) is 0 Å². The SMILES string of the molecule is CN(Cc1ccccc1C(C)(C)C)C(=O)C(C)(C)c1ccno1. The number of benzene rings is 1. The summed E-state index contributed by atoms with van der Waals surface area (Å²) < 4.78 is 5.20. The Morgan fingerprint density at radius 3 is 2.35 bits per heavy atom. The Kier molecular flexibility index (Phi) is 4.64. The van der Waals surface area contributed by atoms with Gasteiger partial charge in [0, 0.05) is 19.7 Å². The fraction of sp³-hybridized carbons (Fsp3) is 0.474. The summed E-state index contributed by atoms with van der Waals surface area (Å²) in [5.74, 6) is 0.594. The summed E-state index contributed by atoms with van der Waals surface area (Å²) in [6.07, 6.45) is 1.57. The minimum Gasteiger partial charge on any atom is -0.360 e. The van der Waals surface area contributed by atoms with E-state index in [0.717, 1.165) is 0 Å². The number of rotatable bonds is 4. The molecule has 0 saturated heterocycles. The van der Waals surface area contributed by atoms with Gasteiger partial charge in [0.15, 0.2) is 5.76 Å². The van der Waals surface area contributed by atoms with Crippen molar-refractivity contribution >= 4 is 5.91 Å². The molecule has 2 aromatic rings. The van der Waals surface area contributed by atoms with Crippen molar-refractivity contribution in [2.45, 2.75) is 52.0 Å². The molecule has 0 saturated carbocycles. The van der Waals surface area contributed by atoms with E-state index in [1.54, 1.807) is 17.2 Å². The van der Waals surface area contributed by atoms with E-state index in [9.17, 15) is 4.79 Å². The first-order chi connectivity index (χ1) is 10.6. The molecule has 124 valence electrons. The van der Waals surface area contributed by atoms with Crippen LogP contribution in [0.15, 0.2) is 41.1 Å². The molecule has 1 heterocycles. The molecule has 2 rings (SSSR count). The van der Waals surface area contributed by atoms with Gasteiger partial charge >= 0.3 is 0 Å². The predicted molar refractivity (Wildman–Crippen MR) is 91.1 cm³/mol. The highest BCUT2D eigenvalue weighted by Crippen LogP contribution is 2.29. The second-order valence-electron chi connectivity index (χ2n) is 7.57. The molecule has 0 aliphatic carbocycles. The van der Waals surface area contributed by atoms with E-state index in [2.05, 4.69) is 38.1 Å². The highest BCUT2D eigenvalue weighted by molar-refractivity contribution is 5.86. The minimum atomic E-state index is -0.734. The van der Waals surface area contributed by atoms with Gasteiger partial charge in [-0.3, -0.25) is 4.79 Å². The zero-order chi connectivity index (χ0) is 17.3. The molecular weight excluding hydrogens is 288 g/mol. The van der Waals surface area contributed by atoms with Crippen LogP contribution < -0.4 is 0 Å². The molecule has 0 fully saturated rings. The first-order valence-electron chi connectivity index (χ1n) is 7.89. The number of aromatic nitrogens is 1. The van der Waals surface area contributed by atoms with Crippen molar-refractivity contribution in [3.05, 3.63) is 53.4 Å². The normalized spacial score (nSPS) is 12.3. The van der Waals surface area contributed by atoms with Crippen molar-refractivity contribution in [1.82, 2.24) is 10.1 Å². The quantitative estimate of drug-likeness (QED) is 0.859. The van der Waals surface area contributed by atoms with Gasteiger partial charge in [0.2, 0.25) is 5.91 Å². The topological polar surface area (TPSA) is 46.3 Å². The number of hydrogen-bond donors (Lipinski definition) is 0. The minimum absolute atomic E-state index is 0.0120. The zero-order valence-electron chi connectivity index (χ0n) is 14.9. The number of hydrogen-bond acceptors (Lipinski definition) is 3. The van der Waals surface area contributed by atoms with Crippen molar-refractivity contribution in [2.75, 3.05) is 7.05 Å². The summed E-state index contributed by atoms with van der Waals surface area (Å²) in [5, 5.41) is 3.71. The van der Waals surface area contributed by atoms with E-state index in [4.69, 9.17) is 4.52 Å². The summed E-state index contributed by atoms with van der Waals surface area (Å²) in [5.41, 5.74) is 1.74. The maximum atomic E-state index is 12.9. The summed E-state index contributed by atoms with van der Waals surface area (Å²) in [6, 6.07) is 10.0. The molecule has 0 unspecified atom stereocenters. The van der Waals surface area contributed by atoms with Crippen molar-refractivity contribution in [2.24, 2.45) is 0 Å². The Morgan fingerprint density at radius 2 is 1.78 bits per heavy atom. The highest BCUT2D eigenvalue weighted by Gasteiger charge is 2.36. The summed E-state index contributed by atoms with van der Waals surface area (Å²) >= 11 is 0. The molecule has 0 N–H and O–H groups in total. The van der Waals surface area contributed by atoms with Gasteiger partial charge in [0.1, 0.15) is 5.41 Å². The molecule has 23 heavy (non-hydrogen) atoms. The maximum Gasteiger partial charge on any atom is 0.236 e. The Labute approximate surface area is 138 Å². The molecule has 0 aliphatic heterocycles. The molecule has 0 bridgehead atoms. The molecule has 1 aromatic heterocycles. The number of carbonyl (C=O) groups excluding carboxylic acids is 1. The zero-order valence-corrected chi connectivity index (χ0v) is 14.9. The number of likely N-dealkylation sites (N-methyl/N-ethyl adjacent to an activating group) is 1. The van der Waals surface area contributed by atoms with Gasteiger partial charge in [-0.05, 0) is 30.4 Å². The summed E-state index contributed by atoms with van der Waals surface area (Å²) in [7, 11) is 1.83. The number of carbonyl (C=O) groups is 1. The third-order valence-corrected chi connectivity index (χ3v) is 4.17. The van der Waals surface area contributed by atoms with Gasteiger partial charge in [0.05, 0.1) is 6.20 Å². The lowest BCUT2D eigenvalue weighted by Gasteiger charge is -2.30. The lowest BCUT2D eigenvalue weighted by Crippen LogP contribution is -2.41. The molecule has 1 aromatic carbocycles. The van der Waals surface area contributed by atoms with Crippen LogP contribution in [0.25, 0.3) is 0 Å². The van der Waals surface area contributed by atoms with Crippen LogP contribution in [0.4, 0.5) is 0 Å². The second kappa shape index (κ2) is 6.19. The Balaban J connectivity index is 2.23. The maximum absolute atomic E-state index is 12.9. The lowest BCUT2D eigenvalue weighted by molar-refractivity contribution is -0.136. The van der Waals surface area contributed by atoms with E-state index in [0.29, 0.717) is 12.3 Å². The largest absolute Gasteiger partial charge is 0.360 e. The second-order valence-corrected chi connectivity index (χ2v) is 7.57. The first-order valence-corrected chi connectivity index (χ1v) is 7.89. The lowest BCUT2D eigenvalue weighted by atomic mass is 9.83. The average Bonchev–Trinajstić information content (AvgIpc) is 3.00. The van der Waals surface area contributed by atoms with Crippen molar-refractivity contribution in [3.63, 3.8) is 0 Å². The van der Waals surface area contributed by atoms with Gasteiger partial charge in [0.25, 0.3) is 0 Å². The molecule has 4 heteroatoms. The fourth-order valence-corrected chi connectivity index (χ4v) is 2.84. The molecule has 0 spiro atoms. The van der Waals surface area contributed by atoms with E-state index < -0.39 is 5.41 Å². The van der Waals surface area contributed by atoms with Crippen LogP contribution in [0, 0.1) is 0 Å². The molecule has 0 aliphatic rings. The Bertz CT molecular complexity index is 667. The van der Waals surface area contributed by atoms with Gasteiger partial charge in [-0.25, -0.2) is 0 Å². The highest BCUT2D eigenvalue weighted by atomic mass is 16.5. The molecule has 0 radical (unpaired) electrons. The van der Waals surface area contributed by atoms with Crippen molar-refractivity contribution in [3.8, 4) is 0 Å². The third-order valence-electron chi connectivity index (χ3n) is 4.17. The smallest absolute Gasteiger partial charge is 0.236 e. The van der Waals surface area contributed by atoms with Crippen LogP contribution >= 0.6 is 0 Å². The van der Waals surface area contributed by atoms with Crippen LogP contribution in [0.2, 0.25) is 0 Å². The number of nitrogens with zero attached hydrogens (tertiary/aromatic N) is 2. The van der Waals surface area contributed by atoms with Crippen LogP contribution in [-0.4, -0.2) is 23.0 Å². The van der Waals surface area contributed by atoms with Crippen LogP contribution in [0.5, 0.6) is 0 Å². The van der Waals surface area contributed by atoms with Crippen LogP contribution in [-0.2, 0) is 22.2 Å². The van der Waals surface area contributed by atoms with E-state index in [1.165, 1.54) is 11.1 Å². The monoisotopic (exact) mass is 314 g/mol. The predicted octanol–water partition coefficient (Wildman–Crippen LogP) is 3.91. The van der Waals surface area contributed by atoms with E-state index >= 15 is 0 Å².